The summed E-state index contributed by atoms with van der Waals surface area (Å²) < 4.78 is 37.4. The SMILES string of the molecule is O=C(O)[C@@H]1CCCN(C(=O)CCc2ccc(C(F)(F)F)cc2)C1. The van der Waals surface area contributed by atoms with E-state index in [1.54, 1.807) is 0 Å². The third kappa shape index (κ3) is 4.71. The van der Waals surface area contributed by atoms with Gasteiger partial charge in [0.1, 0.15) is 0 Å². The van der Waals surface area contributed by atoms with Gasteiger partial charge < -0.3 is 10.0 Å². The molecule has 1 N–H and O–H groups in total. The summed E-state index contributed by atoms with van der Waals surface area (Å²) in [5.74, 6) is -1.58. The quantitative estimate of drug-likeness (QED) is 0.924. The first-order valence-electron chi connectivity index (χ1n) is 7.44. The Bertz CT molecular complexity index is 569. The molecular weight excluding hydrogens is 311 g/mol. The molecule has 1 heterocycles. The molecule has 126 valence electrons. The lowest BCUT2D eigenvalue weighted by atomic mass is 9.97. The molecule has 23 heavy (non-hydrogen) atoms. The highest BCUT2D eigenvalue weighted by atomic mass is 19.4. The Balaban J connectivity index is 1.88. The van der Waals surface area contributed by atoms with Gasteiger partial charge in [0.05, 0.1) is 11.5 Å². The van der Waals surface area contributed by atoms with E-state index in [0.717, 1.165) is 12.1 Å². The summed E-state index contributed by atoms with van der Waals surface area (Å²) in [6.45, 7) is 0.747. The molecule has 1 atom stereocenters. The fourth-order valence-corrected chi connectivity index (χ4v) is 2.68. The zero-order chi connectivity index (χ0) is 17.0. The first-order valence-corrected chi connectivity index (χ1v) is 7.44. The maximum atomic E-state index is 12.5. The number of halogens is 3. The molecule has 1 aromatic carbocycles. The van der Waals surface area contributed by atoms with Gasteiger partial charge in [0.15, 0.2) is 0 Å². The Morgan fingerprint density at radius 1 is 1.22 bits per heavy atom. The molecule has 2 rings (SSSR count). The number of alkyl halides is 3. The number of likely N-dealkylation sites (tertiary alicyclic amines) is 1. The van der Waals surface area contributed by atoms with Crippen molar-refractivity contribution in [2.45, 2.75) is 31.9 Å². The summed E-state index contributed by atoms with van der Waals surface area (Å²) in [7, 11) is 0. The van der Waals surface area contributed by atoms with E-state index in [9.17, 15) is 22.8 Å². The number of carbonyl (C=O) groups is 2. The lowest BCUT2D eigenvalue weighted by Gasteiger charge is -2.30. The number of amides is 1. The molecule has 0 aromatic heterocycles. The van der Waals surface area contributed by atoms with Crippen molar-refractivity contribution in [3.8, 4) is 0 Å². The Labute approximate surface area is 131 Å². The number of nitrogens with zero attached hydrogens (tertiary/aromatic N) is 1. The summed E-state index contributed by atoms with van der Waals surface area (Å²) in [5, 5.41) is 9.01. The smallest absolute Gasteiger partial charge is 0.416 e. The molecule has 0 saturated carbocycles. The molecule has 0 unspecified atom stereocenters. The standard InChI is InChI=1S/C16H18F3NO3/c17-16(18,19)13-6-3-11(4-7-13)5-8-14(21)20-9-1-2-12(10-20)15(22)23/h3-4,6-7,12H,1-2,5,8-10H2,(H,22,23)/t12-/m1/s1. The Morgan fingerprint density at radius 2 is 1.87 bits per heavy atom. The van der Waals surface area contributed by atoms with E-state index in [1.165, 1.54) is 17.0 Å². The van der Waals surface area contributed by atoms with Crippen LogP contribution in [-0.2, 0) is 22.2 Å². The highest BCUT2D eigenvalue weighted by Crippen LogP contribution is 2.29. The maximum Gasteiger partial charge on any atom is 0.416 e. The van der Waals surface area contributed by atoms with Gasteiger partial charge >= 0.3 is 12.1 Å². The van der Waals surface area contributed by atoms with Crippen LogP contribution in [-0.4, -0.2) is 35.0 Å². The largest absolute Gasteiger partial charge is 0.481 e. The third-order valence-corrected chi connectivity index (χ3v) is 4.03. The molecular formula is C16H18F3NO3. The molecule has 7 heteroatoms. The number of hydrogen-bond donors (Lipinski definition) is 1. The van der Waals surface area contributed by atoms with Gasteiger partial charge in [-0.1, -0.05) is 12.1 Å². The fraction of sp³-hybridized carbons (Fsp3) is 0.500. The lowest BCUT2D eigenvalue weighted by Crippen LogP contribution is -2.42. The van der Waals surface area contributed by atoms with Crippen molar-refractivity contribution in [3.05, 3.63) is 35.4 Å². The minimum atomic E-state index is -4.37. The van der Waals surface area contributed by atoms with Gasteiger partial charge in [0.25, 0.3) is 0 Å². The number of aliphatic carboxylic acids is 1. The number of carboxylic acid groups (broad SMARTS) is 1. The molecule has 0 aliphatic carbocycles. The van der Waals surface area contributed by atoms with Crippen molar-refractivity contribution in [2.75, 3.05) is 13.1 Å². The number of hydrogen-bond acceptors (Lipinski definition) is 2. The Hall–Kier alpha value is -2.05. The van der Waals surface area contributed by atoms with Crippen LogP contribution in [0.5, 0.6) is 0 Å². The van der Waals surface area contributed by atoms with Crippen molar-refractivity contribution in [1.29, 1.82) is 0 Å². The highest BCUT2D eigenvalue weighted by Gasteiger charge is 2.30. The monoisotopic (exact) mass is 329 g/mol. The van der Waals surface area contributed by atoms with Gasteiger partial charge in [0.2, 0.25) is 5.91 Å². The normalized spacial score (nSPS) is 18.7. The summed E-state index contributed by atoms with van der Waals surface area (Å²) >= 11 is 0. The van der Waals surface area contributed by atoms with Crippen LogP contribution >= 0.6 is 0 Å². The van der Waals surface area contributed by atoms with Crippen LogP contribution in [0.25, 0.3) is 0 Å². The summed E-state index contributed by atoms with van der Waals surface area (Å²) in [5.41, 5.74) is -0.0638. The number of aryl methyl sites for hydroxylation is 1. The van der Waals surface area contributed by atoms with Gasteiger partial charge in [-0.2, -0.15) is 13.2 Å². The van der Waals surface area contributed by atoms with Crippen LogP contribution in [0, 0.1) is 5.92 Å². The lowest BCUT2D eigenvalue weighted by molar-refractivity contribution is -0.145. The highest BCUT2D eigenvalue weighted by molar-refractivity contribution is 5.78. The molecule has 0 radical (unpaired) electrons. The number of benzene rings is 1. The Morgan fingerprint density at radius 3 is 2.43 bits per heavy atom. The second-order valence-corrected chi connectivity index (χ2v) is 5.71. The predicted octanol–water partition coefficient (Wildman–Crippen LogP) is 2.96. The van der Waals surface area contributed by atoms with Gasteiger partial charge in [0, 0.05) is 19.5 Å². The molecule has 0 bridgehead atoms. The Kier molecular flexibility index (Phi) is 5.28. The van der Waals surface area contributed by atoms with E-state index in [0.29, 0.717) is 31.4 Å². The molecule has 1 aliphatic rings. The van der Waals surface area contributed by atoms with Crippen LogP contribution in [0.2, 0.25) is 0 Å². The summed E-state index contributed by atoms with van der Waals surface area (Å²) in [6.07, 6.45) is -2.64. The van der Waals surface area contributed by atoms with Crippen LogP contribution in [0.3, 0.4) is 0 Å². The molecule has 1 fully saturated rings. The van der Waals surface area contributed by atoms with E-state index in [2.05, 4.69) is 0 Å². The first kappa shape index (κ1) is 17.3. The molecule has 1 amide bonds. The van der Waals surface area contributed by atoms with Gasteiger partial charge in [-0.15, -0.1) is 0 Å². The maximum absolute atomic E-state index is 12.5. The average molecular weight is 329 g/mol. The van der Waals surface area contributed by atoms with E-state index in [1.807, 2.05) is 0 Å². The van der Waals surface area contributed by atoms with Crippen molar-refractivity contribution >= 4 is 11.9 Å². The molecule has 1 aromatic rings. The number of piperidine rings is 1. The number of rotatable bonds is 4. The van der Waals surface area contributed by atoms with Crippen molar-refractivity contribution in [1.82, 2.24) is 4.90 Å². The predicted molar refractivity (Wildman–Crippen MR) is 76.7 cm³/mol. The second kappa shape index (κ2) is 7.02. The van der Waals surface area contributed by atoms with Gasteiger partial charge in [-0.05, 0) is 37.0 Å². The van der Waals surface area contributed by atoms with E-state index >= 15 is 0 Å². The number of carbonyl (C=O) groups excluding carboxylic acids is 1. The minimum Gasteiger partial charge on any atom is -0.481 e. The molecule has 1 aliphatic heterocycles. The molecule has 1 saturated heterocycles. The zero-order valence-electron chi connectivity index (χ0n) is 12.5. The van der Waals surface area contributed by atoms with E-state index in [4.69, 9.17) is 5.11 Å². The van der Waals surface area contributed by atoms with E-state index in [-0.39, 0.29) is 18.9 Å². The van der Waals surface area contributed by atoms with Crippen LogP contribution in [0.1, 0.15) is 30.4 Å². The average Bonchev–Trinajstić information content (AvgIpc) is 2.52. The fourth-order valence-electron chi connectivity index (χ4n) is 2.68. The van der Waals surface area contributed by atoms with E-state index < -0.39 is 23.6 Å². The minimum absolute atomic E-state index is 0.157. The third-order valence-electron chi connectivity index (χ3n) is 4.03. The van der Waals surface area contributed by atoms with Crippen molar-refractivity contribution in [3.63, 3.8) is 0 Å². The van der Waals surface area contributed by atoms with Crippen LogP contribution in [0.4, 0.5) is 13.2 Å². The topological polar surface area (TPSA) is 57.6 Å². The molecule has 0 spiro atoms. The zero-order valence-corrected chi connectivity index (χ0v) is 12.5. The van der Waals surface area contributed by atoms with Gasteiger partial charge in [-0.3, -0.25) is 9.59 Å². The van der Waals surface area contributed by atoms with Crippen LogP contribution in [0.15, 0.2) is 24.3 Å². The van der Waals surface area contributed by atoms with Crippen molar-refractivity contribution in [2.24, 2.45) is 5.92 Å². The second-order valence-electron chi connectivity index (χ2n) is 5.71. The molecule has 4 nitrogen and oxygen atoms in total. The van der Waals surface area contributed by atoms with Gasteiger partial charge in [-0.25, -0.2) is 0 Å². The van der Waals surface area contributed by atoms with Crippen LogP contribution < -0.4 is 0 Å². The summed E-state index contributed by atoms with van der Waals surface area (Å²) in [6, 6.07) is 4.74. The van der Waals surface area contributed by atoms with Crippen molar-refractivity contribution < 1.29 is 27.9 Å². The number of carboxylic acids is 1. The summed E-state index contributed by atoms with van der Waals surface area (Å²) in [4.78, 5) is 24.6. The first-order chi connectivity index (χ1) is 10.8.